The van der Waals surface area contributed by atoms with Crippen LogP contribution in [0.3, 0.4) is 0 Å². The van der Waals surface area contributed by atoms with Gasteiger partial charge >= 0.3 is 0 Å². The largest absolute Gasteiger partial charge is 0.306 e. The van der Waals surface area contributed by atoms with Crippen LogP contribution >= 0.6 is 0 Å². The van der Waals surface area contributed by atoms with Crippen molar-refractivity contribution in [2.75, 3.05) is 0 Å². The molecule has 20 heavy (non-hydrogen) atoms. The zero-order valence-corrected chi connectivity index (χ0v) is 12.4. The maximum absolute atomic E-state index is 3.65. The first-order chi connectivity index (χ1) is 9.74. The van der Waals surface area contributed by atoms with E-state index in [2.05, 4.69) is 61.6 Å². The highest BCUT2D eigenvalue weighted by Gasteiger charge is 2.11. The summed E-state index contributed by atoms with van der Waals surface area (Å²) >= 11 is 0. The Morgan fingerprint density at radius 1 is 1.05 bits per heavy atom. The van der Waals surface area contributed by atoms with E-state index in [1.54, 1.807) is 11.1 Å². The Bertz CT molecular complexity index is 600. The Hall–Kier alpha value is -1.60. The third kappa shape index (κ3) is 2.78. The zero-order chi connectivity index (χ0) is 13.9. The first-order valence-corrected chi connectivity index (χ1v) is 7.63. The number of rotatable bonds is 4. The maximum atomic E-state index is 3.65. The summed E-state index contributed by atoms with van der Waals surface area (Å²) in [4.78, 5) is 0. The molecule has 3 rings (SSSR count). The lowest BCUT2D eigenvalue weighted by molar-refractivity contribution is 0.572. The second-order valence-corrected chi connectivity index (χ2v) is 5.92. The molecule has 0 fully saturated rings. The fraction of sp³-hybridized carbons (Fsp3) is 0.368. The first kappa shape index (κ1) is 13.4. The fourth-order valence-electron chi connectivity index (χ4n) is 3.19. The van der Waals surface area contributed by atoms with Crippen LogP contribution in [0.15, 0.2) is 42.5 Å². The van der Waals surface area contributed by atoms with Gasteiger partial charge < -0.3 is 5.32 Å². The van der Waals surface area contributed by atoms with Crippen LogP contribution in [0.1, 0.15) is 47.2 Å². The van der Waals surface area contributed by atoms with Gasteiger partial charge in [-0.05, 0) is 60.9 Å². The molecule has 1 N–H and O–H groups in total. The van der Waals surface area contributed by atoms with Gasteiger partial charge in [-0.15, -0.1) is 0 Å². The summed E-state index contributed by atoms with van der Waals surface area (Å²) in [6.45, 7) is 5.38. The van der Waals surface area contributed by atoms with E-state index in [0.717, 1.165) is 6.54 Å². The van der Waals surface area contributed by atoms with Gasteiger partial charge in [0.15, 0.2) is 0 Å². The zero-order valence-electron chi connectivity index (χ0n) is 12.4. The van der Waals surface area contributed by atoms with E-state index in [9.17, 15) is 0 Å². The van der Waals surface area contributed by atoms with Crippen molar-refractivity contribution >= 4 is 0 Å². The number of hydrogen-bond acceptors (Lipinski definition) is 1. The third-order valence-electron chi connectivity index (χ3n) is 4.43. The number of nitrogens with one attached hydrogen (secondary N) is 1. The standard InChI is InChI=1S/C19H23N/c1-14-6-3-4-9-19(14)15(2)20-13-16-10-11-17-7-5-8-18(17)12-16/h3-4,6,9-12,15,20H,5,7-8,13H2,1-2H3. The highest BCUT2D eigenvalue weighted by Crippen LogP contribution is 2.23. The normalized spacial score (nSPS) is 15.1. The molecule has 1 aliphatic carbocycles. The van der Waals surface area contributed by atoms with E-state index < -0.39 is 0 Å². The van der Waals surface area contributed by atoms with Gasteiger partial charge in [0, 0.05) is 12.6 Å². The van der Waals surface area contributed by atoms with Crippen molar-refractivity contribution < 1.29 is 0 Å². The summed E-state index contributed by atoms with van der Waals surface area (Å²) in [5.74, 6) is 0. The first-order valence-electron chi connectivity index (χ1n) is 7.63. The van der Waals surface area contributed by atoms with Crippen molar-refractivity contribution in [3.63, 3.8) is 0 Å². The number of aryl methyl sites for hydroxylation is 3. The van der Waals surface area contributed by atoms with Gasteiger partial charge in [0.05, 0.1) is 0 Å². The van der Waals surface area contributed by atoms with Crippen LogP contribution in [0.25, 0.3) is 0 Å². The number of benzene rings is 2. The van der Waals surface area contributed by atoms with Crippen molar-refractivity contribution in [1.82, 2.24) is 5.32 Å². The number of fused-ring (bicyclic) bond motifs is 1. The second-order valence-electron chi connectivity index (χ2n) is 5.92. The maximum Gasteiger partial charge on any atom is 0.0297 e. The van der Waals surface area contributed by atoms with Gasteiger partial charge in [-0.2, -0.15) is 0 Å². The van der Waals surface area contributed by atoms with Crippen LogP contribution in [0.4, 0.5) is 0 Å². The molecule has 0 saturated heterocycles. The van der Waals surface area contributed by atoms with Crippen molar-refractivity contribution in [1.29, 1.82) is 0 Å². The van der Waals surface area contributed by atoms with Gasteiger partial charge in [-0.3, -0.25) is 0 Å². The van der Waals surface area contributed by atoms with Gasteiger partial charge in [-0.1, -0.05) is 42.5 Å². The molecule has 2 aromatic rings. The van der Waals surface area contributed by atoms with Gasteiger partial charge in [0.2, 0.25) is 0 Å². The lowest BCUT2D eigenvalue weighted by atomic mass is 10.0. The summed E-state index contributed by atoms with van der Waals surface area (Å²) in [6.07, 6.45) is 3.85. The monoisotopic (exact) mass is 265 g/mol. The van der Waals surface area contributed by atoms with E-state index in [0.29, 0.717) is 6.04 Å². The predicted octanol–water partition coefficient (Wildman–Crippen LogP) is 4.33. The van der Waals surface area contributed by atoms with Gasteiger partial charge in [0.1, 0.15) is 0 Å². The highest BCUT2D eigenvalue weighted by atomic mass is 14.9. The molecule has 2 aromatic carbocycles. The van der Waals surface area contributed by atoms with Crippen molar-refractivity contribution in [2.24, 2.45) is 0 Å². The van der Waals surface area contributed by atoms with E-state index in [1.807, 2.05) is 0 Å². The summed E-state index contributed by atoms with van der Waals surface area (Å²) in [6, 6.07) is 16.0. The molecule has 0 amide bonds. The van der Waals surface area contributed by atoms with E-state index in [-0.39, 0.29) is 0 Å². The lowest BCUT2D eigenvalue weighted by Crippen LogP contribution is -2.19. The molecular formula is C19H23N. The predicted molar refractivity (Wildman–Crippen MR) is 84.9 cm³/mol. The Kier molecular flexibility index (Phi) is 3.88. The summed E-state index contributed by atoms with van der Waals surface area (Å²) < 4.78 is 0. The Morgan fingerprint density at radius 3 is 2.70 bits per heavy atom. The van der Waals surface area contributed by atoms with Crippen molar-refractivity contribution in [3.8, 4) is 0 Å². The Balaban J connectivity index is 1.66. The second kappa shape index (κ2) is 5.80. The molecule has 1 aliphatic rings. The molecule has 1 unspecified atom stereocenters. The van der Waals surface area contributed by atoms with Gasteiger partial charge in [-0.25, -0.2) is 0 Å². The Labute approximate surface area is 122 Å². The smallest absolute Gasteiger partial charge is 0.0297 e. The Morgan fingerprint density at radius 2 is 1.85 bits per heavy atom. The van der Waals surface area contributed by atoms with Crippen LogP contribution in [0.5, 0.6) is 0 Å². The summed E-state index contributed by atoms with van der Waals surface area (Å²) in [5.41, 5.74) is 7.29. The van der Waals surface area contributed by atoms with E-state index >= 15 is 0 Å². The molecule has 0 saturated carbocycles. The minimum atomic E-state index is 0.393. The van der Waals surface area contributed by atoms with E-state index in [1.165, 1.54) is 36.0 Å². The van der Waals surface area contributed by atoms with Crippen LogP contribution < -0.4 is 5.32 Å². The molecule has 0 aromatic heterocycles. The van der Waals surface area contributed by atoms with Crippen LogP contribution in [-0.2, 0) is 19.4 Å². The number of hydrogen-bond donors (Lipinski definition) is 1. The minimum Gasteiger partial charge on any atom is -0.306 e. The lowest BCUT2D eigenvalue weighted by Gasteiger charge is -2.17. The van der Waals surface area contributed by atoms with E-state index in [4.69, 9.17) is 0 Å². The molecule has 1 atom stereocenters. The van der Waals surface area contributed by atoms with Crippen LogP contribution in [-0.4, -0.2) is 0 Å². The molecule has 0 spiro atoms. The van der Waals surface area contributed by atoms with Crippen LogP contribution in [0, 0.1) is 6.92 Å². The molecule has 0 heterocycles. The average Bonchev–Trinajstić information content (AvgIpc) is 2.92. The third-order valence-corrected chi connectivity index (χ3v) is 4.43. The molecule has 0 aliphatic heterocycles. The van der Waals surface area contributed by atoms with Crippen molar-refractivity contribution in [3.05, 3.63) is 70.3 Å². The topological polar surface area (TPSA) is 12.0 Å². The minimum absolute atomic E-state index is 0.393. The molecule has 104 valence electrons. The summed E-state index contributed by atoms with van der Waals surface area (Å²) in [7, 11) is 0. The highest BCUT2D eigenvalue weighted by molar-refractivity contribution is 5.35. The molecular weight excluding hydrogens is 242 g/mol. The quantitative estimate of drug-likeness (QED) is 0.867. The average molecular weight is 265 g/mol. The van der Waals surface area contributed by atoms with Gasteiger partial charge in [0.25, 0.3) is 0 Å². The SMILES string of the molecule is Cc1ccccc1C(C)NCc1ccc2c(c1)CCC2. The van der Waals surface area contributed by atoms with Crippen molar-refractivity contribution in [2.45, 2.75) is 45.7 Å². The van der Waals surface area contributed by atoms with Crippen LogP contribution in [0.2, 0.25) is 0 Å². The molecule has 0 bridgehead atoms. The molecule has 0 radical (unpaired) electrons. The fourth-order valence-corrected chi connectivity index (χ4v) is 3.19. The summed E-state index contributed by atoms with van der Waals surface area (Å²) in [5, 5.41) is 3.65. The molecule has 1 nitrogen and oxygen atoms in total. The molecule has 1 heteroatoms.